The van der Waals surface area contributed by atoms with E-state index in [1.54, 1.807) is 12.1 Å². The summed E-state index contributed by atoms with van der Waals surface area (Å²) >= 11 is 1.51. The number of benzene rings is 1. The number of carbonyl (C=O) groups is 5. The van der Waals surface area contributed by atoms with Crippen LogP contribution in [0.25, 0.3) is 0 Å². The van der Waals surface area contributed by atoms with Gasteiger partial charge in [0.05, 0.1) is 17.5 Å². The van der Waals surface area contributed by atoms with Gasteiger partial charge >= 0.3 is 0 Å². The Labute approximate surface area is 169 Å². The molecule has 1 saturated heterocycles. The highest BCUT2D eigenvalue weighted by Crippen LogP contribution is 2.29. The van der Waals surface area contributed by atoms with Crippen LogP contribution in [-0.4, -0.2) is 40.5 Å². The summed E-state index contributed by atoms with van der Waals surface area (Å²) in [5, 5.41) is 8.72. The van der Waals surface area contributed by atoms with Crippen molar-refractivity contribution in [1.29, 1.82) is 0 Å². The van der Waals surface area contributed by atoms with Gasteiger partial charge in [-0.3, -0.25) is 34.2 Å². The highest BCUT2D eigenvalue weighted by molar-refractivity contribution is 7.08. The molecule has 2 aromatic rings. The van der Waals surface area contributed by atoms with Crippen LogP contribution in [-0.2, 0) is 27.3 Å². The molecule has 0 spiro atoms. The van der Waals surface area contributed by atoms with Crippen LogP contribution in [0.3, 0.4) is 0 Å². The van der Waals surface area contributed by atoms with E-state index in [4.69, 9.17) is 0 Å². The van der Waals surface area contributed by atoms with Crippen molar-refractivity contribution in [2.45, 2.75) is 31.8 Å². The monoisotopic (exact) mass is 411 g/mol. The number of piperidine rings is 1. The molecule has 1 unspecified atom stereocenters. The van der Waals surface area contributed by atoms with E-state index < -0.39 is 29.7 Å². The normalized spacial score (nSPS) is 18.6. The van der Waals surface area contributed by atoms with Crippen molar-refractivity contribution in [3.63, 3.8) is 0 Å². The lowest BCUT2D eigenvalue weighted by Crippen LogP contribution is -2.54. The highest BCUT2D eigenvalue weighted by atomic mass is 32.1. The molecule has 2 aliphatic heterocycles. The van der Waals surface area contributed by atoms with E-state index in [2.05, 4.69) is 10.6 Å². The fourth-order valence-electron chi connectivity index (χ4n) is 3.57. The minimum absolute atomic E-state index is 0.0648. The zero-order valence-corrected chi connectivity index (χ0v) is 16.1. The first-order chi connectivity index (χ1) is 14.0. The molecule has 0 radical (unpaired) electrons. The molecule has 0 saturated carbocycles. The molecule has 1 fully saturated rings. The van der Waals surface area contributed by atoms with Crippen LogP contribution < -0.4 is 10.6 Å². The largest absolute Gasteiger partial charge is 0.352 e. The Morgan fingerprint density at radius 2 is 2.00 bits per heavy atom. The zero-order valence-electron chi connectivity index (χ0n) is 15.3. The third kappa shape index (κ3) is 3.56. The summed E-state index contributed by atoms with van der Waals surface area (Å²) in [6.45, 7) is 0.0916. The lowest BCUT2D eigenvalue weighted by atomic mass is 10.0. The maximum absolute atomic E-state index is 13.0. The quantitative estimate of drug-likeness (QED) is 0.713. The predicted molar refractivity (Wildman–Crippen MR) is 103 cm³/mol. The van der Waals surface area contributed by atoms with Gasteiger partial charge in [-0.1, -0.05) is 12.1 Å². The number of hydrogen-bond donors (Lipinski definition) is 2. The van der Waals surface area contributed by atoms with Crippen LogP contribution in [0.1, 0.15) is 44.7 Å². The van der Waals surface area contributed by atoms with Gasteiger partial charge in [-0.2, -0.15) is 11.3 Å². The van der Waals surface area contributed by atoms with E-state index >= 15 is 0 Å². The highest BCUT2D eigenvalue weighted by Gasteiger charge is 2.45. The molecule has 2 N–H and O–H groups in total. The topological polar surface area (TPSA) is 113 Å². The molecule has 1 atom stereocenters. The van der Waals surface area contributed by atoms with Crippen molar-refractivity contribution >= 4 is 40.9 Å². The van der Waals surface area contributed by atoms with Crippen LogP contribution in [0.15, 0.2) is 35.0 Å². The first kappa shape index (κ1) is 19.0. The molecule has 0 aliphatic carbocycles. The number of nitrogens with one attached hydrogen (secondary N) is 2. The molecule has 148 valence electrons. The predicted octanol–water partition coefficient (Wildman–Crippen LogP) is 1.01. The molecule has 8 nitrogen and oxygen atoms in total. The number of hydrogen-bond acceptors (Lipinski definition) is 6. The average Bonchev–Trinajstić information content (AvgIpc) is 3.28. The molecule has 9 heteroatoms. The SMILES string of the molecule is O=C(Cc1ccsc1)NCc1cccc2c1C(=O)N(C1CCC(=O)NC1=O)C2=O. The second-order valence-corrected chi connectivity index (χ2v) is 7.65. The van der Waals surface area contributed by atoms with Gasteiger partial charge in [0, 0.05) is 13.0 Å². The Bertz CT molecular complexity index is 1030. The number of amides is 5. The molecule has 1 aromatic carbocycles. The van der Waals surface area contributed by atoms with Crippen molar-refractivity contribution in [1.82, 2.24) is 15.5 Å². The van der Waals surface area contributed by atoms with Crippen molar-refractivity contribution in [3.8, 4) is 0 Å². The van der Waals surface area contributed by atoms with Gasteiger partial charge in [-0.25, -0.2) is 0 Å². The van der Waals surface area contributed by atoms with E-state index in [0.717, 1.165) is 10.5 Å². The van der Waals surface area contributed by atoms with Crippen LogP contribution in [0.2, 0.25) is 0 Å². The number of carbonyl (C=O) groups excluding carboxylic acids is 5. The van der Waals surface area contributed by atoms with Gasteiger partial charge in [-0.15, -0.1) is 0 Å². The fraction of sp³-hybridized carbons (Fsp3) is 0.250. The molecule has 2 aliphatic rings. The summed E-state index contributed by atoms with van der Waals surface area (Å²) in [6.07, 6.45) is 0.395. The molecule has 0 bridgehead atoms. The zero-order chi connectivity index (χ0) is 20.5. The van der Waals surface area contributed by atoms with E-state index in [1.807, 2.05) is 16.8 Å². The Balaban J connectivity index is 1.52. The molecule has 29 heavy (non-hydrogen) atoms. The smallest absolute Gasteiger partial charge is 0.262 e. The van der Waals surface area contributed by atoms with Crippen molar-refractivity contribution < 1.29 is 24.0 Å². The van der Waals surface area contributed by atoms with E-state index in [0.29, 0.717) is 5.56 Å². The fourth-order valence-corrected chi connectivity index (χ4v) is 4.24. The lowest BCUT2D eigenvalue weighted by molar-refractivity contribution is -0.136. The van der Waals surface area contributed by atoms with Gasteiger partial charge in [0.15, 0.2) is 0 Å². The number of imide groups is 2. The van der Waals surface area contributed by atoms with Gasteiger partial charge < -0.3 is 5.32 Å². The summed E-state index contributed by atoms with van der Waals surface area (Å²) in [5.74, 6) is -2.41. The van der Waals surface area contributed by atoms with Gasteiger partial charge in [-0.05, 0) is 40.4 Å². The van der Waals surface area contributed by atoms with E-state index in [-0.39, 0.29) is 42.8 Å². The Kier molecular flexibility index (Phi) is 4.98. The average molecular weight is 411 g/mol. The second kappa shape index (κ2) is 7.59. The molecule has 3 heterocycles. The van der Waals surface area contributed by atoms with Gasteiger partial charge in [0.25, 0.3) is 11.8 Å². The van der Waals surface area contributed by atoms with Crippen LogP contribution in [0.4, 0.5) is 0 Å². The number of rotatable bonds is 5. The minimum atomic E-state index is -1.01. The van der Waals surface area contributed by atoms with E-state index in [9.17, 15) is 24.0 Å². The standard InChI is InChI=1S/C20H17N3O5S/c24-15-5-4-14(18(26)22-15)23-19(27)13-3-1-2-12(17(13)20(23)28)9-21-16(25)8-11-6-7-29-10-11/h1-3,6-7,10,14H,4-5,8-9H2,(H,21,25)(H,22,24,26). The second-order valence-electron chi connectivity index (χ2n) is 6.87. The van der Waals surface area contributed by atoms with E-state index in [1.165, 1.54) is 17.4 Å². The first-order valence-corrected chi connectivity index (χ1v) is 10.0. The molecular weight excluding hydrogens is 394 g/mol. The van der Waals surface area contributed by atoms with Crippen LogP contribution in [0.5, 0.6) is 0 Å². The van der Waals surface area contributed by atoms with Gasteiger partial charge in [0.1, 0.15) is 6.04 Å². The summed E-state index contributed by atoms with van der Waals surface area (Å²) in [5.41, 5.74) is 1.80. The van der Waals surface area contributed by atoms with Crippen molar-refractivity contribution in [3.05, 3.63) is 57.3 Å². The maximum atomic E-state index is 13.0. The Morgan fingerprint density at radius 1 is 1.17 bits per heavy atom. The first-order valence-electron chi connectivity index (χ1n) is 9.07. The number of fused-ring (bicyclic) bond motifs is 1. The summed E-state index contributed by atoms with van der Waals surface area (Å²) in [4.78, 5) is 62.4. The molecule has 1 aromatic heterocycles. The summed E-state index contributed by atoms with van der Waals surface area (Å²) in [7, 11) is 0. The number of thiophene rings is 1. The van der Waals surface area contributed by atoms with Crippen molar-refractivity contribution in [2.75, 3.05) is 0 Å². The Morgan fingerprint density at radius 3 is 2.72 bits per heavy atom. The third-order valence-electron chi connectivity index (χ3n) is 4.98. The minimum Gasteiger partial charge on any atom is -0.352 e. The maximum Gasteiger partial charge on any atom is 0.262 e. The van der Waals surface area contributed by atoms with Crippen molar-refractivity contribution in [2.24, 2.45) is 0 Å². The lowest BCUT2D eigenvalue weighted by Gasteiger charge is -2.27. The Hall–Kier alpha value is -3.33. The van der Waals surface area contributed by atoms with Gasteiger partial charge in [0.2, 0.25) is 17.7 Å². The van der Waals surface area contributed by atoms with Crippen LogP contribution in [0, 0.1) is 0 Å². The molecule has 5 amide bonds. The van der Waals surface area contributed by atoms with Crippen LogP contribution >= 0.6 is 11.3 Å². The summed E-state index contributed by atoms with van der Waals surface area (Å²) in [6, 6.07) is 5.69. The molecule has 4 rings (SSSR count). The number of nitrogens with zero attached hydrogens (tertiary/aromatic N) is 1. The molecular formula is C20H17N3O5S. The summed E-state index contributed by atoms with van der Waals surface area (Å²) < 4.78 is 0. The third-order valence-corrected chi connectivity index (χ3v) is 5.71.